The summed E-state index contributed by atoms with van der Waals surface area (Å²) in [6.45, 7) is 6.47. The average molecular weight is 241 g/mol. The molecule has 2 rings (SSSR count). The van der Waals surface area contributed by atoms with E-state index in [0.717, 1.165) is 13.1 Å². The summed E-state index contributed by atoms with van der Waals surface area (Å²) in [5.41, 5.74) is -0.710. The van der Waals surface area contributed by atoms with E-state index in [2.05, 4.69) is 10.4 Å². The van der Waals surface area contributed by atoms with Crippen LogP contribution in [0.25, 0.3) is 0 Å². The smallest absolute Gasteiger partial charge is 0.137 e. The van der Waals surface area contributed by atoms with Gasteiger partial charge in [0.2, 0.25) is 0 Å². The summed E-state index contributed by atoms with van der Waals surface area (Å²) in [6.07, 6.45) is 3.82. The number of aromatic nitrogens is 2. The van der Waals surface area contributed by atoms with Crippen LogP contribution in [0.3, 0.4) is 0 Å². The molecular formula is C12H20FN3O. The number of hydrogen-bond acceptors (Lipinski definition) is 3. The molecule has 2 heterocycles. The van der Waals surface area contributed by atoms with Crippen LogP contribution in [0.5, 0.6) is 0 Å². The molecule has 1 saturated heterocycles. The maximum Gasteiger partial charge on any atom is 0.137 e. The van der Waals surface area contributed by atoms with Crippen LogP contribution in [0, 0.1) is 0 Å². The van der Waals surface area contributed by atoms with Crippen LogP contribution in [-0.4, -0.2) is 35.6 Å². The second-order valence-corrected chi connectivity index (χ2v) is 4.71. The maximum absolute atomic E-state index is 14.6. The van der Waals surface area contributed by atoms with Crippen molar-refractivity contribution < 1.29 is 9.13 Å². The minimum Gasteiger partial charge on any atom is -0.379 e. The number of alkyl halides is 1. The topological polar surface area (TPSA) is 39.1 Å². The predicted molar refractivity (Wildman–Crippen MR) is 63.6 cm³/mol. The van der Waals surface area contributed by atoms with E-state index in [1.807, 2.05) is 6.92 Å². The monoisotopic (exact) mass is 241 g/mol. The first-order valence-electron chi connectivity index (χ1n) is 6.15. The number of ether oxygens (including phenoxy) is 1. The molecule has 5 heteroatoms. The SMILES string of the molecule is CCn1cc(C(C)(F)CC2COCCN2)cn1. The molecule has 1 N–H and O–H groups in total. The van der Waals surface area contributed by atoms with E-state index < -0.39 is 5.67 Å². The number of halogens is 1. The Balaban J connectivity index is 2.01. The summed E-state index contributed by atoms with van der Waals surface area (Å²) in [6, 6.07) is 0.0868. The van der Waals surface area contributed by atoms with Crippen molar-refractivity contribution in [2.24, 2.45) is 0 Å². The van der Waals surface area contributed by atoms with E-state index in [-0.39, 0.29) is 6.04 Å². The third-order valence-electron chi connectivity index (χ3n) is 3.19. The van der Waals surface area contributed by atoms with E-state index in [0.29, 0.717) is 25.2 Å². The van der Waals surface area contributed by atoms with Gasteiger partial charge in [-0.15, -0.1) is 0 Å². The number of nitrogens with one attached hydrogen (secondary N) is 1. The van der Waals surface area contributed by atoms with Gasteiger partial charge in [0.15, 0.2) is 0 Å². The summed E-state index contributed by atoms with van der Waals surface area (Å²) in [7, 11) is 0. The third kappa shape index (κ3) is 3.04. The number of rotatable bonds is 4. The molecule has 0 saturated carbocycles. The molecule has 2 atom stereocenters. The van der Waals surface area contributed by atoms with Gasteiger partial charge in [0.25, 0.3) is 0 Å². The first-order chi connectivity index (χ1) is 8.12. The molecule has 96 valence electrons. The lowest BCUT2D eigenvalue weighted by Crippen LogP contribution is -2.44. The highest BCUT2D eigenvalue weighted by Gasteiger charge is 2.31. The molecule has 1 fully saturated rings. The Morgan fingerprint density at radius 3 is 3.12 bits per heavy atom. The molecule has 1 aromatic heterocycles. The highest BCUT2D eigenvalue weighted by Crippen LogP contribution is 2.30. The fourth-order valence-corrected chi connectivity index (χ4v) is 2.14. The van der Waals surface area contributed by atoms with Crippen molar-refractivity contribution in [3.63, 3.8) is 0 Å². The van der Waals surface area contributed by atoms with Gasteiger partial charge in [-0.25, -0.2) is 4.39 Å². The summed E-state index contributed by atoms with van der Waals surface area (Å²) < 4.78 is 21.7. The van der Waals surface area contributed by atoms with Gasteiger partial charge in [-0.05, 0) is 13.8 Å². The third-order valence-corrected chi connectivity index (χ3v) is 3.19. The Kier molecular flexibility index (Phi) is 3.79. The predicted octanol–water partition coefficient (Wildman–Crippen LogP) is 1.47. The Morgan fingerprint density at radius 1 is 1.71 bits per heavy atom. The van der Waals surface area contributed by atoms with Crippen molar-refractivity contribution in [2.45, 2.75) is 38.5 Å². The lowest BCUT2D eigenvalue weighted by atomic mass is 9.93. The van der Waals surface area contributed by atoms with Gasteiger partial charge in [-0.1, -0.05) is 0 Å². The van der Waals surface area contributed by atoms with E-state index in [4.69, 9.17) is 4.74 Å². The minimum absolute atomic E-state index is 0.0868. The molecule has 0 aromatic carbocycles. The van der Waals surface area contributed by atoms with Crippen LogP contribution in [-0.2, 0) is 17.0 Å². The first kappa shape index (κ1) is 12.5. The van der Waals surface area contributed by atoms with E-state index in [9.17, 15) is 4.39 Å². The largest absolute Gasteiger partial charge is 0.379 e. The Hall–Kier alpha value is -0.940. The molecule has 0 spiro atoms. The second kappa shape index (κ2) is 5.14. The Morgan fingerprint density at radius 2 is 2.53 bits per heavy atom. The van der Waals surface area contributed by atoms with Gasteiger partial charge >= 0.3 is 0 Å². The lowest BCUT2D eigenvalue weighted by molar-refractivity contribution is 0.0474. The summed E-state index contributed by atoms with van der Waals surface area (Å²) >= 11 is 0. The van der Waals surface area contributed by atoms with E-state index >= 15 is 0 Å². The van der Waals surface area contributed by atoms with Crippen molar-refractivity contribution >= 4 is 0 Å². The fourth-order valence-electron chi connectivity index (χ4n) is 2.14. The van der Waals surface area contributed by atoms with Crippen LogP contribution in [0.2, 0.25) is 0 Å². The molecule has 0 radical (unpaired) electrons. The molecule has 0 amide bonds. The van der Waals surface area contributed by atoms with Gasteiger partial charge in [0, 0.05) is 37.3 Å². The minimum atomic E-state index is -1.36. The summed E-state index contributed by atoms with van der Waals surface area (Å²) in [5.74, 6) is 0. The molecule has 17 heavy (non-hydrogen) atoms. The van der Waals surface area contributed by atoms with Crippen molar-refractivity contribution in [2.75, 3.05) is 19.8 Å². The number of morpholine rings is 1. The van der Waals surface area contributed by atoms with Crippen LogP contribution < -0.4 is 5.32 Å². The maximum atomic E-state index is 14.6. The van der Waals surface area contributed by atoms with Crippen molar-refractivity contribution in [3.05, 3.63) is 18.0 Å². The molecule has 2 unspecified atom stereocenters. The molecule has 0 bridgehead atoms. The zero-order chi connectivity index (χ0) is 12.3. The Labute approximate surface area is 101 Å². The molecule has 0 aliphatic carbocycles. The second-order valence-electron chi connectivity index (χ2n) is 4.71. The van der Waals surface area contributed by atoms with E-state index in [1.54, 1.807) is 24.0 Å². The highest BCUT2D eigenvalue weighted by molar-refractivity contribution is 5.14. The Bertz CT molecular complexity index is 358. The lowest BCUT2D eigenvalue weighted by Gasteiger charge is -2.29. The molecule has 1 aromatic rings. The van der Waals surface area contributed by atoms with Gasteiger partial charge in [0.05, 0.1) is 19.4 Å². The van der Waals surface area contributed by atoms with Gasteiger partial charge in [-0.2, -0.15) is 5.10 Å². The quantitative estimate of drug-likeness (QED) is 0.867. The van der Waals surface area contributed by atoms with Crippen LogP contribution in [0.4, 0.5) is 4.39 Å². The normalized spacial score (nSPS) is 24.5. The highest BCUT2D eigenvalue weighted by atomic mass is 19.1. The van der Waals surface area contributed by atoms with Crippen molar-refractivity contribution in [1.29, 1.82) is 0 Å². The fraction of sp³-hybridized carbons (Fsp3) is 0.750. The van der Waals surface area contributed by atoms with E-state index in [1.165, 1.54) is 0 Å². The zero-order valence-corrected chi connectivity index (χ0v) is 10.4. The number of nitrogens with zero attached hydrogens (tertiary/aromatic N) is 2. The zero-order valence-electron chi connectivity index (χ0n) is 10.4. The molecule has 1 aliphatic heterocycles. The number of hydrogen-bond donors (Lipinski definition) is 1. The molecule has 4 nitrogen and oxygen atoms in total. The summed E-state index contributed by atoms with van der Waals surface area (Å²) in [5, 5.41) is 7.39. The number of aryl methyl sites for hydroxylation is 1. The standard InChI is InChI=1S/C12H20FN3O/c1-3-16-8-10(7-15-16)12(2,13)6-11-9-17-5-4-14-11/h7-8,11,14H,3-6,9H2,1-2H3. The summed E-state index contributed by atoms with van der Waals surface area (Å²) in [4.78, 5) is 0. The van der Waals surface area contributed by atoms with Gasteiger partial charge < -0.3 is 10.1 Å². The van der Waals surface area contributed by atoms with Gasteiger partial charge in [-0.3, -0.25) is 4.68 Å². The van der Waals surface area contributed by atoms with Crippen molar-refractivity contribution in [1.82, 2.24) is 15.1 Å². The van der Waals surface area contributed by atoms with Crippen molar-refractivity contribution in [3.8, 4) is 0 Å². The van der Waals surface area contributed by atoms with Crippen LogP contribution in [0.15, 0.2) is 12.4 Å². The van der Waals surface area contributed by atoms with Gasteiger partial charge in [0.1, 0.15) is 5.67 Å². The first-order valence-corrected chi connectivity index (χ1v) is 6.15. The van der Waals surface area contributed by atoms with Crippen LogP contribution in [0.1, 0.15) is 25.8 Å². The molecule has 1 aliphatic rings. The molecular weight excluding hydrogens is 221 g/mol. The average Bonchev–Trinajstić information content (AvgIpc) is 2.79. The van der Waals surface area contributed by atoms with Crippen LogP contribution >= 0.6 is 0 Å².